The van der Waals surface area contributed by atoms with Crippen molar-refractivity contribution in [3.8, 4) is 0 Å². The smallest absolute Gasteiger partial charge is 0.272 e. The third kappa shape index (κ3) is 4.53. The summed E-state index contributed by atoms with van der Waals surface area (Å²) in [5.74, 6) is 2.73. The third-order valence-corrected chi connectivity index (χ3v) is 5.22. The average molecular weight is 387 g/mol. The van der Waals surface area contributed by atoms with E-state index in [0.717, 1.165) is 30.2 Å². The first kappa shape index (κ1) is 20.3. The predicted octanol–water partition coefficient (Wildman–Crippen LogP) is 0.666. The highest BCUT2D eigenvalue weighted by Crippen LogP contribution is 2.27. The van der Waals surface area contributed by atoms with Gasteiger partial charge in [-0.1, -0.05) is 0 Å². The van der Waals surface area contributed by atoms with Crippen molar-refractivity contribution < 1.29 is 9.90 Å². The first-order chi connectivity index (χ1) is 13.4. The number of hydrogen-bond donors (Lipinski definition) is 1. The fourth-order valence-corrected chi connectivity index (χ4v) is 3.69. The number of aliphatic hydroxyl groups is 1. The number of amides is 1. The summed E-state index contributed by atoms with van der Waals surface area (Å²) >= 11 is 0. The number of rotatable bonds is 6. The summed E-state index contributed by atoms with van der Waals surface area (Å²) < 4.78 is 2.05. The number of likely N-dealkylation sites (N-methyl/N-ethyl adjacent to an activating group) is 1. The van der Waals surface area contributed by atoms with Crippen LogP contribution >= 0.6 is 0 Å². The Labute approximate surface area is 165 Å². The standard InChI is InChI=1S/C19H29N7O2/c1-13-11-16(21-14(2)20-13)19(28)26-7-5-15(6-8-26)18-23-22-17(25(18)4)12-24(3)9-10-27/h11,15,27H,5-10,12H2,1-4H3. The summed E-state index contributed by atoms with van der Waals surface area (Å²) in [6, 6.07) is 1.75. The van der Waals surface area contributed by atoms with E-state index in [1.54, 1.807) is 13.0 Å². The van der Waals surface area contributed by atoms with E-state index < -0.39 is 0 Å². The fraction of sp³-hybridized carbons (Fsp3) is 0.632. The molecule has 28 heavy (non-hydrogen) atoms. The Hall–Kier alpha value is -2.39. The van der Waals surface area contributed by atoms with Crippen molar-refractivity contribution in [1.82, 2.24) is 34.5 Å². The topological polar surface area (TPSA) is 100 Å². The second-order valence-electron chi connectivity index (χ2n) is 7.50. The Balaban J connectivity index is 1.62. The van der Waals surface area contributed by atoms with Gasteiger partial charge in [0.15, 0.2) is 0 Å². The number of nitrogens with zero attached hydrogens (tertiary/aromatic N) is 7. The quantitative estimate of drug-likeness (QED) is 0.777. The van der Waals surface area contributed by atoms with Gasteiger partial charge in [-0.2, -0.15) is 0 Å². The van der Waals surface area contributed by atoms with Gasteiger partial charge >= 0.3 is 0 Å². The maximum atomic E-state index is 12.8. The van der Waals surface area contributed by atoms with E-state index >= 15 is 0 Å². The minimum atomic E-state index is -0.0312. The molecule has 1 aliphatic heterocycles. The highest BCUT2D eigenvalue weighted by atomic mass is 16.3. The molecule has 0 saturated carbocycles. The summed E-state index contributed by atoms with van der Waals surface area (Å²) in [7, 11) is 3.94. The molecule has 1 saturated heterocycles. The Morgan fingerprint density at radius 3 is 2.61 bits per heavy atom. The number of carbonyl (C=O) groups excluding carboxylic acids is 1. The molecule has 9 nitrogen and oxygen atoms in total. The highest BCUT2D eigenvalue weighted by Gasteiger charge is 2.28. The number of piperidine rings is 1. The van der Waals surface area contributed by atoms with Gasteiger partial charge < -0.3 is 14.6 Å². The summed E-state index contributed by atoms with van der Waals surface area (Å²) in [5.41, 5.74) is 1.28. The second-order valence-corrected chi connectivity index (χ2v) is 7.50. The van der Waals surface area contributed by atoms with Gasteiger partial charge in [-0.05, 0) is 39.8 Å². The van der Waals surface area contributed by atoms with Crippen LogP contribution in [-0.2, 0) is 13.6 Å². The molecule has 3 heterocycles. The zero-order valence-corrected chi connectivity index (χ0v) is 17.1. The van der Waals surface area contributed by atoms with Gasteiger partial charge in [-0.3, -0.25) is 9.69 Å². The lowest BCUT2D eigenvalue weighted by Crippen LogP contribution is -2.39. The zero-order chi connectivity index (χ0) is 20.3. The fourth-order valence-electron chi connectivity index (χ4n) is 3.69. The first-order valence-corrected chi connectivity index (χ1v) is 9.68. The van der Waals surface area contributed by atoms with E-state index in [1.807, 2.05) is 35.4 Å². The van der Waals surface area contributed by atoms with Crippen molar-refractivity contribution in [2.24, 2.45) is 7.05 Å². The van der Waals surface area contributed by atoms with E-state index in [2.05, 4.69) is 20.2 Å². The summed E-state index contributed by atoms with van der Waals surface area (Å²) in [4.78, 5) is 25.2. The average Bonchev–Trinajstić information content (AvgIpc) is 3.01. The van der Waals surface area contributed by atoms with Crippen molar-refractivity contribution in [1.29, 1.82) is 0 Å². The van der Waals surface area contributed by atoms with Crippen LogP contribution in [0.15, 0.2) is 6.07 Å². The summed E-state index contributed by atoms with van der Waals surface area (Å²) in [6.07, 6.45) is 1.71. The van der Waals surface area contributed by atoms with Crippen molar-refractivity contribution >= 4 is 5.91 Å². The molecule has 0 atom stereocenters. The molecule has 3 rings (SSSR count). The number of carbonyl (C=O) groups is 1. The van der Waals surface area contributed by atoms with Gasteiger partial charge in [0.05, 0.1) is 13.2 Å². The largest absolute Gasteiger partial charge is 0.395 e. The number of aliphatic hydroxyl groups excluding tert-OH is 1. The zero-order valence-electron chi connectivity index (χ0n) is 17.1. The van der Waals surface area contributed by atoms with Crippen molar-refractivity contribution in [3.63, 3.8) is 0 Å². The minimum absolute atomic E-state index is 0.0312. The van der Waals surface area contributed by atoms with Crippen LogP contribution in [0.25, 0.3) is 0 Å². The van der Waals surface area contributed by atoms with E-state index in [0.29, 0.717) is 37.7 Å². The Bertz CT molecular complexity index is 807. The SMILES string of the molecule is Cc1cc(C(=O)N2CCC(c3nnc(CN(C)CCO)n3C)CC2)nc(C)n1. The molecule has 1 aliphatic rings. The van der Waals surface area contributed by atoms with Crippen molar-refractivity contribution in [3.05, 3.63) is 34.9 Å². The molecule has 0 unspecified atom stereocenters. The van der Waals surface area contributed by atoms with Gasteiger partial charge in [-0.15, -0.1) is 10.2 Å². The number of aromatic nitrogens is 5. The molecule has 9 heteroatoms. The molecular weight excluding hydrogens is 358 g/mol. The molecule has 0 aromatic carbocycles. The summed E-state index contributed by atoms with van der Waals surface area (Å²) in [5, 5.41) is 17.8. The number of hydrogen-bond acceptors (Lipinski definition) is 7. The first-order valence-electron chi connectivity index (χ1n) is 9.68. The maximum absolute atomic E-state index is 12.8. The van der Waals surface area contributed by atoms with Crippen LogP contribution in [0.1, 0.15) is 52.4 Å². The molecule has 0 spiro atoms. The molecule has 0 aliphatic carbocycles. The van der Waals surface area contributed by atoms with E-state index in [-0.39, 0.29) is 18.4 Å². The lowest BCUT2D eigenvalue weighted by Gasteiger charge is -2.31. The van der Waals surface area contributed by atoms with Crippen LogP contribution in [0.2, 0.25) is 0 Å². The predicted molar refractivity (Wildman–Crippen MR) is 104 cm³/mol. The number of aryl methyl sites for hydroxylation is 2. The van der Waals surface area contributed by atoms with Crippen LogP contribution < -0.4 is 0 Å². The van der Waals surface area contributed by atoms with Crippen LogP contribution in [-0.4, -0.2) is 78.8 Å². The minimum Gasteiger partial charge on any atom is -0.395 e. The normalized spacial score (nSPS) is 15.4. The van der Waals surface area contributed by atoms with E-state index in [1.165, 1.54) is 0 Å². The Kier molecular flexibility index (Phi) is 6.35. The van der Waals surface area contributed by atoms with Crippen LogP contribution in [0.5, 0.6) is 0 Å². The van der Waals surface area contributed by atoms with E-state index in [4.69, 9.17) is 5.11 Å². The molecule has 2 aromatic heterocycles. The molecule has 1 N–H and O–H groups in total. The molecule has 0 radical (unpaired) electrons. The van der Waals surface area contributed by atoms with Gasteiger partial charge in [0, 0.05) is 38.3 Å². The van der Waals surface area contributed by atoms with E-state index in [9.17, 15) is 4.79 Å². The Morgan fingerprint density at radius 2 is 1.96 bits per heavy atom. The molecule has 152 valence electrons. The van der Waals surface area contributed by atoms with Crippen LogP contribution in [0.4, 0.5) is 0 Å². The molecule has 0 bridgehead atoms. The molecule has 1 fully saturated rings. The van der Waals surface area contributed by atoms with Gasteiger partial charge in [-0.25, -0.2) is 9.97 Å². The van der Waals surface area contributed by atoms with Gasteiger partial charge in [0.2, 0.25) is 0 Å². The second kappa shape index (κ2) is 8.74. The third-order valence-electron chi connectivity index (χ3n) is 5.22. The van der Waals surface area contributed by atoms with Crippen LogP contribution in [0.3, 0.4) is 0 Å². The molecule has 1 amide bonds. The Morgan fingerprint density at radius 1 is 1.25 bits per heavy atom. The number of likely N-dealkylation sites (tertiary alicyclic amines) is 1. The van der Waals surface area contributed by atoms with Gasteiger partial charge in [0.25, 0.3) is 5.91 Å². The van der Waals surface area contributed by atoms with Crippen LogP contribution in [0, 0.1) is 13.8 Å². The van der Waals surface area contributed by atoms with Crippen molar-refractivity contribution in [2.75, 3.05) is 33.3 Å². The lowest BCUT2D eigenvalue weighted by molar-refractivity contribution is 0.0703. The van der Waals surface area contributed by atoms with Crippen molar-refractivity contribution in [2.45, 2.75) is 39.2 Å². The maximum Gasteiger partial charge on any atom is 0.272 e. The highest BCUT2D eigenvalue weighted by molar-refractivity contribution is 5.92. The monoisotopic (exact) mass is 387 g/mol. The molecular formula is C19H29N7O2. The molecule has 2 aromatic rings. The lowest BCUT2D eigenvalue weighted by atomic mass is 9.95. The van der Waals surface area contributed by atoms with Gasteiger partial charge in [0.1, 0.15) is 23.2 Å². The summed E-state index contributed by atoms with van der Waals surface area (Å²) in [6.45, 7) is 6.41.